The minimum Gasteiger partial charge on any atom is -0.494 e. The van der Waals surface area contributed by atoms with E-state index < -0.39 is 0 Å². The van der Waals surface area contributed by atoms with Crippen LogP contribution in [0.4, 0.5) is 0 Å². The molecular formula is C13H21NO. The van der Waals surface area contributed by atoms with E-state index >= 15 is 0 Å². The molecule has 0 aliphatic rings. The van der Waals surface area contributed by atoms with Crippen molar-refractivity contribution in [2.45, 2.75) is 33.2 Å². The highest BCUT2D eigenvalue weighted by Crippen LogP contribution is 2.23. The van der Waals surface area contributed by atoms with E-state index in [-0.39, 0.29) is 6.04 Å². The van der Waals surface area contributed by atoms with Gasteiger partial charge in [-0.15, -0.1) is 0 Å². The third-order valence-electron chi connectivity index (χ3n) is 2.83. The quantitative estimate of drug-likeness (QED) is 0.805. The van der Waals surface area contributed by atoms with E-state index in [1.807, 2.05) is 19.1 Å². The second kappa shape index (κ2) is 5.76. The van der Waals surface area contributed by atoms with E-state index in [0.29, 0.717) is 12.5 Å². The Morgan fingerprint density at radius 3 is 2.27 bits per heavy atom. The fraction of sp³-hybridized carbons (Fsp3) is 0.538. The predicted octanol–water partition coefficient (Wildman–Crippen LogP) is 3.13. The summed E-state index contributed by atoms with van der Waals surface area (Å²) in [7, 11) is 0. The second-order valence-electron chi connectivity index (χ2n) is 3.91. The van der Waals surface area contributed by atoms with Crippen molar-refractivity contribution in [1.82, 2.24) is 0 Å². The summed E-state index contributed by atoms with van der Waals surface area (Å²) in [5.74, 6) is 1.43. The van der Waals surface area contributed by atoms with Crippen LogP contribution < -0.4 is 10.5 Å². The molecule has 0 bridgehead atoms. The van der Waals surface area contributed by atoms with Crippen LogP contribution in [0.1, 0.15) is 38.8 Å². The van der Waals surface area contributed by atoms with E-state index in [1.165, 1.54) is 5.56 Å². The SMILES string of the molecule is CCOc1ccc([C@@H](N)C(C)CC)cc1. The highest BCUT2D eigenvalue weighted by Gasteiger charge is 2.12. The Hall–Kier alpha value is -1.02. The molecule has 0 fully saturated rings. The van der Waals surface area contributed by atoms with Gasteiger partial charge in [-0.2, -0.15) is 0 Å². The Bertz CT molecular complexity index is 281. The van der Waals surface area contributed by atoms with Crippen molar-refractivity contribution >= 4 is 0 Å². The molecule has 0 spiro atoms. The molecule has 0 saturated heterocycles. The molecule has 0 aromatic heterocycles. The largest absolute Gasteiger partial charge is 0.494 e. The van der Waals surface area contributed by atoms with Crippen molar-refractivity contribution in [2.75, 3.05) is 6.61 Å². The van der Waals surface area contributed by atoms with Crippen LogP contribution in [0.2, 0.25) is 0 Å². The van der Waals surface area contributed by atoms with Crippen LogP contribution in [0.5, 0.6) is 5.75 Å². The number of rotatable bonds is 5. The molecule has 0 aliphatic carbocycles. The van der Waals surface area contributed by atoms with E-state index in [4.69, 9.17) is 10.5 Å². The first-order valence-electron chi connectivity index (χ1n) is 5.67. The Morgan fingerprint density at radius 1 is 1.20 bits per heavy atom. The second-order valence-corrected chi connectivity index (χ2v) is 3.91. The smallest absolute Gasteiger partial charge is 0.119 e. The first-order valence-corrected chi connectivity index (χ1v) is 5.67. The Labute approximate surface area is 92.4 Å². The van der Waals surface area contributed by atoms with Crippen molar-refractivity contribution in [3.8, 4) is 5.75 Å². The first-order chi connectivity index (χ1) is 7.19. The van der Waals surface area contributed by atoms with Crippen molar-refractivity contribution in [3.63, 3.8) is 0 Å². The van der Waals surface area contributed by atoms with Gasteiger partial charge in [0.1, 0.15) is 5.75 Å². The summed E-state index contributed by atoms with van der Waals surface area (Å²) < 4.78 is 5.39. The maximum atomic E-state index is 6.13. The third-order valence-corrected chi connectivity index (χ3v) is 2.83. The Morgan fingerprint density at radius 2 is 1.80 bits per heavy atom. The summed E-state index contributed by atoms with van der Waals surface area (Å²) in [4.78, 5) is 0. The summed E-state index contributed by atoms with van der Waals surface area (Å²) in [5.41, 5.74) is 7.32. The lowest BCUT2D eigenvalue weighted by Crippen LogP contribution is -2.18. The molecule has 1 unspecified atom stereocenters. The number of hydrogen-bond acceptors (Lipinski definition) is 2. The van der Waals surface area contributed by atoms with Gasteiger partial charge in [0.2, 0.25) is 0 Å². The predicted molar refractivity (Wildman–Crippen MR) is 64.0 cm³/mol. The highest BCUT2D eigenvalue weighted by atomic mass is 16.5. The van der Waals surface area contributed by atoms with Crippen LogP contribution in [0.15, 0.2) is 24.3 Å². The molecule has 2 heteroatoms. The average Bonchev–Trinajstić information content (AvgIpc) is 2.28. The molecule has 84 valence electrons. The van der Waals surface area contributed by atoms with Gasteiger partial charge >= 0.3 is 0 Å². The van der Waals surface area contributed by atoms with Gasteiger partial charge in [-0.05, 0) is 30.5 Å². The summed E-state index contributed by atoms with van der Waals surface area (Å²) in [6.07, 6.45) is 1.11. The molecule has 1 aromatic carbocycles. The molecule has 0 aliphatic heterocycles. The zero-order valence-corrected chi connectivity index (χ0v) is 9.86. The van der Waals surface area contributed by atoms with Gasteiger partial charge < -0.3 is 10.5 Å². The van der Waals surface area contributed by atoms with E-state index in [0.717, 1.165) is 12.2 Å². The van der Waals surface area contributed by atoms with Crippen LogP contribution in [0.3, 0.4) is 0 Å². The number of benzene rings is 1. The summed E-state index contributed by atoms with van der Waals surface area (Å²) in [5, 5.41) is 0. The van der Waals surface area contributed by atoms with Gasteiger partial charge in [-0.25, -0.2) is 0 Å². The molecule has 2 atom stereocenters. The van der Waals surface area contributed by atoms with E-state index in [1.54, 1.807) is 0 Å². The topological polar surface area (TPSA) is 35.2 Å². The molecule has 1 rings (SSSR count). The molecular weight excluding hydrogens is 186 g/mol. The van der Waals surface area contributed by atoms with Gasteiger partial charge in [0.05, 0.1) is 6.61 Å². The fourth-order valence-corrected chi connectivity index (χ4v) is 1.54. The Balaban J connectivity index is 2.70. The molecule has 2 nitrogen and oxygen atoms in total. The van der Waals surface area contributed by atoms with Gasteiger partial charge in [-0.3, -0.25) is 0 Å². The minimum atomic E-state index is 0.130. The lowest BCUT2D eigenvalue weighted by Gasteiger charge is -2.18. The van der Waals surface area contributed by atoms with Gasteiger partial charge in [0, 0.05) is 6.04 Å². The summed E-state index contributed by atoms with van der Waals surface area (Å²) in [6, 6.07) is 8.22. The molecule has 0 radical (unpaired) electrons. The maximum absolute atomic E-state index is 6.13. The van der Waals surface area contributed by atoms with Crippen molar-refractivity contribution < 1.29 is 4.74 Å². The zero-order chi connectivity index (χ0) is 11.3. The molecule has 1 aromatic rings. The fourth-order valence-electron chi connectivity index (χ4n) is 1.54. The van der Waals surface area contributed by atoms with Crippen LogP contribution in [0, 0.1) is 5.92 Å². The molecule has 0 heterocycles. The van der Waals surface area contributed by atoms with E-state index in [9.17, 15) is 0 Å². The summed E-state index contributed by atoms with van der Waals surface area (Å²) in [6.45, 7) is 7.04. The highest BCUT2D eigenvalue weighted by molar-refractivity contribution is 5.29. The minimum absolute atomic E-state index is 0.130. The summed E-state index contributed by atoms with van der Waals surface area (Å²) >= 11 is 0. The van der Waals surface area contributed by atoms with Crippen LogP contribution in [0.25, 0.3) is 0 Å². The normalized spacial score (nSPS) is 14.7. The Kier molecular flexibility index (Phi) is 4.63. The van der Waals surface area contributed by atoms with Gasteiger partial charge in [0.15, 0.2) is 0 Å². The molecule has 0 amide bonds. The van der Waals surface area contributed by atoms with Crippen LogP contribution in [-0.2, 0) is 0 Å². The van der Waals surface area contributed by atoms with Gasteiger partial charge in [-0.1, -0.05) is 32.4 Å². The zero-order valence-electron chi connectivity index (χ0n) is 9.86. The third kappa shape index (κ3) is 3.24. The average molecular weight is 207 g/mol. The number of nitrogens with two attached hydrogens (primary N) is 1. The van der Waals surface area contributed by atoms with Crippen molar-refractivity contribution in [3.05, 3.63) is 29.8 Å². The number of ether oxygens (including phenoxy) is 1. The standard InChI is InChI=1S/C13H21NO/c1-4-10(3)13(14)11-6-8-12(9-7-11)15-5-2/h6-10,13H,4-5,14H2,1-3H3/t10?,13-/m0/s1. The number of hydrogen-bond donors (Lipinski definition) is 1. The lowest BCUT2D eigenvalue weighted by molar-refractivity contribution is 0.340. The van der Waals surface area contributed by atoms with Gasteiger partial charge in [0.25, 0.3) is 0 Å². The maximum Gasteiger partial charge on any atom is 0.119 e. The van der Waals surface area contributed by atoms with Crippen molar-refractivity contribution in [2.24, 2.45) is 11.7 Å². The monoisotopic (exact) mass is 207 g/mol. The van der Waals surface area contributed by atoms with E-state index in [2.05, 4.69) is 26.0 Å². The van der Waals surface area contributed by atoms with Crippen LogP contribution >= 0.6 is 0 Å². The molecule has 0 saturated carbocycles. The molecule has 2 N–H and O–H groups in total. The van der Waals surface area contributed by atoms with Crippen molar-refractivity contribution in [1.29, 1.82) is 0 Å². The van der Waals surface area contributed by atoms with Crippen LogP contribution in [-0.4, -0.2) is 6.61 Å². The lowest BCUT2D eigenvalue weighted by atomic mass is 9.93. The molecule has 15 heavy (non-hydrogen) atoms. The first kappa shape index (κ1) is 12.1.